The zero-order chi connectivity index (χ0) is 17.3. The van der Waals surface area contributed by atoms with E-state index in [1.54, 1.807) is 10.9 Å². The van der Waals surface area contributed by atoms with Gasteiger partial charge in [0.1, 0.15) is 11.8 Å². The van der Waals surface area contributed by atoms with Crippen LogP contribution in [-0.2, 0) is 4.65 Å². The van der Waals surface area contributed by atoms with Crippen LogP contribution in [0.5, 0.6) is 0 Å². The average molecular weight is 306 g/mol. The molecule has 2 heterocycles. The van der Waals surface area contributed by atoms with Crippen LogP contribution in [0, 0.1) is 52.9 Å². The van der Waals surface area contributed by atoms with Crippen molar-refractivity contribution >= 4 is 19.5 Å². The number of hydrogen-bond acceptors (Lipinski definition) is 4. The van der Waals surface area contributed by atoms with Gasteiger partial charge in [0, 0.05) is 23.1 Å². The summed E-state index contributed by atoms with van der Waals surface area (Å²) in [7, 11) is 5.52. The van der Waals surface area contributed by atoms with Crippen molar-refractivity contribution in [2.75, 3.05) is 0 Å². The molecule has 0 aromatic carbocycles. The van der Waals surface area contributed by atoms with Crippen LogP contribution in [0.15, 0.2) is 6.20 Å². The van der Waals surface area contributed by atoms with Gasteiger partial charge in [-0.3, -0.25) is 4.98 Å². The Morgan fingerprint density at radius 2 is 1.78 bits per heavy atom. The summed E-state index contributed by atoms with van der Waals surface area (Å²) >= 11 is 0. The van der Waals surface area contributed by atoms with E-state index < -0.39 is 0 Å². The summed E-state index contributed by atoms with van der Waals surface area (Å²) in [5.41, 5.74) is 6.48. The molecule has 2 rings (SSSR count). The van der Waals surface area contributed by atoms with Crippen molar-refractivity contribution in [3.63, 3.8) is 0 Å². The fraction of sp³-hybridized carbons (Fsp3) is 0.353. The van der Waals surface area contributed by atoms with E-state index in [-0.39, 0.29) is 11.5 Å². The largest absolute Gasteiger partial charge is 0.565 e. The van der Waals surface area contributed by atoms with E-state index in [4.69, 9.17) is 12.7 Å². The van der Waals surface area contributed by atoms with Gasteiger partial charge in [-0.2, -0.15) is 10.4 Å². The highest BCUT2D eigenvalue weighted by Crippen LogP contribution is 2.29. The molecule has 0 spiro atoms. The molecule has 5 nitrogen and oxygen atoms in total. The molecule has 0 saturated heterocycles. The summed E-state index contributed by atoms with van der Waals surface area (Å²) in [5, 5.41) is 14.1. The Balaban J connectivity index is 2.85. The van der Waals surface area contributed by atoms with Crippen molar-refractivity contribution in [3.8, 4) is 6.07 Å². The first-order valence-electron chi connectivity index (χ1n) is 7.30. The molecule has 0 aliphatic rings. The molecule has 2 aromatic rings. The third kappa shape index (κ3) is 2.75. The van der Waals surface area contributed by atoms with Crippen LogP contribution in [-0.4, -0.2) is 22.8 Å². The molecule has 0 aliphatic carbocycles. The number of nitriles is 1. The summed E-state index contributed by atoms with van der Waals surface area (Å²) in [6.07, 6.45) is 1.79. The number of hydrogen-bond donors (Lipinski definition) is 0. The molecule has 0 bridgehead atoms. The number of pyridine rings is 1. The minimum absolute atomic E-state index is 0.250. The Morgan fingerprint density at radius 1 is 1.13 bits per heavy atom. The van der Waals surface area contributed by atoms with Crippen molar-refractivity contribution in [3.05, 3.63) is 45.5 Å². The zero-order valence-corrected chi connectivity index (χ0v) is 14.4. The second-order valence-electron chi connectivity index (χ2n) is 5.64. The molecule has 116 valence electrons. The monoisotopic (exact) mass is 306 g/mol. The highest BCUT2D eigenvalue weighted by atomic mass is 16.4. The molecule has 0 N–H and O–H groups in total. The van der Waals surface area contributed by atoms with Crippen molar-refractivity contribution in [1.29, 1.82) is 5.26 Å². The molecular formula is C17H19BN4O. The van der Waals surface area contributed by atoms with Gasteiger partial charge in [-0.25, -0.2) is 4.68 Å². The molecule has 2 radical (unpaired) electrons. The first-order chi connectivity index (χ1) is 10.8. The number of allylic oxidation sites excluding steroid dienone is 1. The molecule has 2 aromatic heterocycles. The van der Waals surface area contributed by atoms with E-state index in [0.717, 1.165) is 39.3 Å². The molecule has 0 saturated carbocycles. The summed E-state index contributed by atoms with van der Waals surface area (Å²) in [4.78, 5) is 4.36. The summed E-state index contributed by atoms with van der Waals surface area (Å²) < 4.78 is 6.70. The third-order valence-electron chi connectivity index (χ3n) is 4.31. The van der Waals surface area contributed by atoms with Gasteiger partial charge in [-0.05, 0) is 58.2 Å². The van der Waals surface area contributed by atoms with Crippen molar-refractivity contribution in [1.82, 2.24) is 14.8 Å². The van der Waals surface area contributed by atoms with Crippen LogP contribution in [0.2, 0.25) is 0 Å². The second kappa shape index (κ2) is 6.29. The predicted molar refractivity (Wildman–Crippen MR) is 90.4 cm³/mol. The van der Waals surface area contributed by atoms with Gasteiger partial charge in [0.15, 0.2) is 5.70 Å². The fourth-order valence-electron chi connectivity index (χ4n) is 2.52. The number of rotatable bonds is 3. The van der Waals surface area contributed by atoms with Gasteiger partial charge >= 0.3 is 8.05 Å². The van der Waals surface area contributed by atoms with E-state index in [0.29, 0.717) is 0 Å². The Kier molecular flexibility index (Phi) is 4.60. The quantitative estimate of drug-likeness (QED) is 0.496. The van der Waals surface area contributed by atoms with Gasteiger partial charge < -0.3 is 4.65 Å². The SMILES string of the molecule is [B]OC(=C(C#N)n1nc(C)c(C)c1C)c1c(C)ncc(C)c1C. The predicted octanol–water partition coefficient (Wildman–Crippen LogP) is 3.08. The first kappa shape index (κ1) is 16.8. The second-order valence-corrected chi connectivity index (χ2v) is 5.64. The molecule has 23 heavy (non-hydrogen) atoms. The van der Waals surface area contributed by atoms with Gasteiger partial charge in [0.2, 0.25) is 0 Å². The van der Waals surface area contributed by atoms with Crippen molar-refractivity contribution in [2.45, 2.75) is 41.5 Å². The average Bonchev–Trinajstić information content (AvgIpc) is 2.78. The lowest BCUT2D eigenvalue weighted by atomic mass is 10.0. The lowest BCUT2D eigenvalue weighted by molar-refractivity contribution is 0.567. The topological polar surface area (TPSA) is 63.7 Å². The van der Waals surface area contributed by atoms with Crippen molar-refractivity contribution < 1.29 is 4.65 Å². The molecular weight excluding hydrogens is 287 g/mol. The Hall–Kier alpha value is -2.55. The van der Waals surface area contributed by atoms with E-state index in [9.17, 15) is 5.26 Å². The van der Waals surface area contributed by atoms with Crippen molar-refractivity contribution in [2.24, 2.45) is 0 Å². The summed E-state index contributed by atoms with van der Waals surface area (Å²) in [5.74, 6) is 0.282. The van der Waals surface area contributed by atoms with Crippen LogP contribution < -0.4 is 0 Å². The van der Waals surface area contributed by atoms with E-state index in [2.05, 4.69) is 16.2 Å². The molecule has 0 unspecified atom stereocenters. The summed E-state index contributed by atoms with van der Waals surface area (Å²) in [6, 6.07) is 2.17. The van der Waals surface area contributed by atoms with E-state index in [1.807, 2.05) is 41.5 Å². The van der Waals surface area contributed by atoms with Crippen LogP contribution >= 0.6 is 0 Å². The smallest absolute Gasteiger partial charge is 0.374 e. The molecule has 0 aliphatic heterocycles. The maximum Gasteiger partial charge on any atom is 0.374 e. The number of aryl methyl sites for hydroxylation is 3. The van der Waals surface area contributed by atoms with Crippen LogP contribution in [0.3, 0.4) is 0 Å². The Morgan fingerprint density at radius 3 is 2.26 bits per heavy atom. The lowest BCUT2D eigenvalue weighted by Crippen LogP contribution is -2.08. The van der Waals surface area contributed by atoms with Crippen LogP contribution in [0.25, 0.3) is 11.5 Å². The number of aromatic nitrogens is 3. The normalized spacial score (nSPS) is 11.9. The molecule has 0 atom stereocenters. The maximum atomic E-state index is 9.69. The Labute approximate surface area is 138 Å². The lowest BCUT2D eigenvalue weighted by Gasteiger charge is -2.17. The fourth-order valence-corrected chi connectivity index (χ4v) is 2.52. The van der Waals surface area contributed by atoms with Gasteiger partial charge in [-0.15, -0.1) is 0 Å². The standard InChI is InChI=1S/C17H19BN4O/c1-9-8-20-13(5)16(10(9)2)17(23-18)15(7-19)22-14(6)11(3)12(4)21-22/h8H,1-6H3. The highest BCUT2D eigenvalue weighted by molar-refractivity contribution is 6.05. The molecule has 6 heteroatoms. The van der Waals surface area contributed by atoms with Crippen LogP contribution in [0.1, 0.15) is 39.3 Å². The Bertz CT molecular complexity index is 843. The minimum atomic E-state index is 0.250. The molecule has 0 amide bonds. The first-order valence-corrected chi connectivity index (χ1v) is 7.30. The van der Waals surface area contributed by atoms with Gasteiger partial charge in [0.25, 0.3) is 0 Å². The summed E-state index contributed by atoms with van der Waals surface area (Å²) in [6.45, 7) is 11.6. The van der Waals surface area contributed by atoms with E-state index in [1.165, 1.54) is 0 Å². The maximum absolute atomic E-state index is 9.69. The third-order valence-corrected chi connectivity index (χ3v) is 4.31. The van der Waals surface area contributed by atoms with E-state index >= 15 is 0 Å². The highest BCUT2D eigenvalue weighted by Gasteiger charge is 2.20. The number of nitrogens with zero attached hydrogens (tertiary/aromatic N) is 4. The van der Waals surface area contributed by atoms with Crippen LogP contribution in [0.4, 0.5) is 0 Å². The zero-order valence-electron chi connectivity index (χ0n) is 14.4. The molecule has 0 fully saturated rings. The van der Waals surface area contributed by atoms with Gasteiger partial charge in [-0.1, -0.05) is 0 Å². The minimum Gasteiger partial charge on any atom is -0.565 e. The van der Waals surface area contributed by atoms with Gasteiger partial charge in [0.05, 0.1) is 5.69 Å².